The SMILES string of the molecule is CCCCOC(C)c1ccc(C2NNC(c3ccc(C(C)OCCCO)cc3)NN2)cc1. The van der Waals surface area contributed by atoms with Gasteiger partial charge in [0.2, 0.25) is 0 Å². The summed E-state index contributed by atoms with van der Waals surface area (Å²) in [5, 5.41) is 8.88. The summed E-state index contributed by atoms with van der Waals surface area (Å²) in [6.07, 6.45) is 2.91. The van der Waals surface area contributed by atoms with Crippen LogP contribution in [0.15, 0.2) is 48.5 Å². The lowest BCUT2D eigenvalue weighted by Crippen LogP contribution is -2.59. The Kier molecular flexibility index (Phi) is 10.1. The zero-order chi connectivity index (χ0) is 22.8. The number of hydrazine groups is 2. The summed E-state index contributed by atoms with van der Waals surface area (Å²) >= 11 is 0. The van der Waals surface area contributed by atoms with Crippen LogP contribution < -0.4 is 21.7 Å². The molecule has 7 nitrogen and oxygen atoms in total. The van der Waals surface area contributed by atoms with Crippen LogP contribution in [0.5, 0.6) is 0 Å². The van der Waals surface area contributed by atoms with Crippen molar-refractivity contribution in [1.29, 1.82) is 0 Å². The third-order valence-electron chi connectivity index (χ3n) is 5.76. The topological polar surface area (TPSA) is 86.8 Å². The molecule has 0 aromatic heterocycles. The van der Waals surface area contributed by atoms with E-state index in [1.165, 1.54) is 5.56 Å². The lowest BCUT2D eigenvalue weighted by Gasteiger charge is -2.33. The van der Waals surface area contributed by atoms with Crippen LogP contribution >= 0.6 is 0 Å². The molecule has 1 aliphatic rings. The summed E-state index contributed by atoms with van der Waals surface area (Å²) in [5.74, 6) is 0. The van der Waals surface area contributed by atoms with E-state index in [9.17, 15) is 0 Å². The summed E-state index contributed by atoms with van der Waals surface area (Å²) in [4.78, 5) is 0. The lowest BCUT2D eigenvalue weighted by atomic mass is 10.1. The van der Waals surface area contributed by atoms with Crippen molar-refractivity contribution >= 4 is 0 Å². The van der Waals surface area contributed by atoms with Crippen molar-refractivity contribution in [3.8, 4) is 0 Å². The van der Waals surface area contributed by atoms with Crippen molar-refractivity contribution in [2.24, 2.45) is 0 Å². The van der Waals surface area contributed by atoms with Crippen LogP contribution in [0.2, 0.25) is 0 Å². The standard InChI is InChI=1S/C25H38N4O3/c1-4-5-16-31-18(2)20-7-11-22(12-8-20)24-26-28-25(29-27-24)23-13-9-21(10-14-23)19(3)32-17-6-15-30/h7-14,18-19,24-30H,4-6,15-17H2,1-3H3. The highest BCUT2D eigenvalue weighted by molar-refractivity contribution is 5.28. The van der Waals surface area contributed by atoms with Crippen molar-refractivity contribution in [2.45, 2.75) is 64.6 Å². The molecule has 2 aromatic rings. The second-order valence-corrected chi connectivity index (χ2v) is 8.23. The second kappa shape index (κ2) is 13.0. The molecule has 7 heteroatoms. The largest absolute Gasteiger partial charge is 0.396 e. The third-order valence-corrected chi connectivity index (χ3v) is 5.76. The number of benzene rings is 2. The van der Waals surface area contributed by atoms with E-state index in [-0.39, 0.29) is 31.1 Å². The van der Waals surface area contributed by atoms with Gasteiger partial charge in [0.15, 0.2) is 0 Å². The zero-order valence-corrected chi connectivity index (χ0v) is 19.4. The van der Waals surface area contributed by atoms with Gasteiger partial charge in [-0.25, -0.2) is 21.7 Å². The predicted molar refractivity (Wildman–Crippen MR) is 126 cm³/mol. The molecule has 5 N–H and O–H groups in total. The Labute approximate surface area is 191 Å². The molecule has 0 bridgehead atoms. The van der Waals surface area contributed by atoms with Gasteiger partial charge in [0.05, 0.1) is 12.2 Å². The van der Waals surface area contributed by atoms with E-state index >= 15 is 0 Å². The van der Waals surface area contributed by atoms with E-state index in [1.807, 2.05) is 6.92 Å². The molecule has 176 valence electrons. The Morgan fingerprint density at radius 2 is 1.12 bits per heavy atom. The van der Waals surface area contributed by atoms with E-state index in [0.717, 1.165) is 36.1 Å². The molecular formula is C25H38N4O3. The highest BCUT2D eigenvalue weighted by Crippen LogP contribution is 2.22. The smallest absolute Gasteiger partial charge is 0.109 e. The van der Waals surface area contributed by atoms with Crippen LogP contribution in [-0.2, 0) is 9.47 Å². The van der Waals surface area contributed by atoms with E-state index < -0.39 is 0 Å². The lowest BCUT2D eigenvalue weighted by molar-refractivity contribution is 0.0553. The van der Waals surface area contributed by atoms with Crippen molar-refractivity contribution < 1.29 is 14.6 Å². The Hall–Kier alpha value is -1.84. The fourth-order valence-electron chi connectivity index (χ4n) is 3.58. The van der Waals surface area contributed by atoms with Crippen LogP contribution in [0, 0.1) is 0 Å². The maximum atomic E-state index is 8.88. The minimum atomic E-state index is -0.0582. The quantitative estimate of drug-likeness (QED) is 0.319. The normalized spacial score (nSPS) is 20.8. The number of ether oxygens (including phenoxy) is 2. The summed E-state index contributed by atoms with van der Waals surface area (Å²) in [5.41, 5.74) is 17.9. The number of unbranched alkanes of at least 4 members (excludes halogenated alkanes) is 1. The Morgan fingerprint density at radius 3 is 1.50 bits per heavy atom. The molecule has 0 aliphatic carbocycles. The molecule has 2 atom stereocenters. The summed E-state index contributed by atoms with van der Waals surface area (Å²) in [6.45, 7) is 7.82. The van der Waals surface area contributed by atoms with Gasteiger partial charge in [0.25, 0.3) is 0 Å². The van der Waals surface area contributed by atoms with Crippen LogP contribution in [-0.4, -0.2) is 24.9 Å². The molecule has 2 aromatic carbocycles. The zero-order valence-electron chi connectivity index (χ0n) is 19.4. The first-order chi connectivity index (χ1) is 15.6. The Balaban J connectivity index is 1.48. The first kappa shape index (κ1) is 24.8. The van der Waals surface area contributed by atoms with E-state index in [2.05, 4.69) is 84.1 Å². The molecule has 1 heterocycles. The van der Waals surface area contributed by atoms with Gasteiger partial charge >= 0.3 is 0 Å². The van der Waals surface area contributed by atoms with Crippen LogP contribution in [0.3, 0.4) is 0 Å². The number of hydrogen-bond acceptors (Lipinski definition) is 7. The van der Waals surface area contributed by atoms with Gasteiger partial charge in [-0.3, -0.25) is 0 Å². The molecule has 3 rings (SSSR count). The molecule has 0 radical (unpaired) electrons. The first-order valence-corrected chi connectivity index (χ1v) is 11.7. The molecule has 1 fully saturated rings. The van der Waals surface area contributed by atoms with Gasteiger partial charge < -0.3 is 14.6 Å². The monoisotopic (exact) mass is 442 g/mol. The number of nitrogens with one attached hydrogen (secondary N) is 4. The average Bonchev–Trinajstić information content (AvgIpc) is 2.84. The van der Waals surface area contributed by atoms with Gasteiger partial charge in [0, 0.05) is 19.8 Å². The Morgan fingerprint density at radius 1 is 0.719 bits per heavy atom. The number of aliphatic hydroxyl groups excluding tert-OH is 1. The maximum absolute atomic E-state index is 8.88. The Bertz CT molecular complexity index is 709. The van der Waals surface area contributed by atoms with Gasteiger partial charge in [-0.1, -0.05) is 61.9 Å². The van der Waals surface area contributed by atoms with Crippen LogP contribution in [0.25, 0.3) is 0 Å². The highest BCUT2D eigenvalue weighted by Gasteiger charge is 2.21. The fraction of sp³-hybridized carbons (Fsp3) is 0.520. The van der Waals surface area contributed by atoms with Crippen LogP contribution in [0.1, 0.15) is 86.8 Å². The molecule has 32 heavy (non-hydrogen) atoms. The van der Waals surface area contributed by atoms with Crippen molar-refractivity contribution in [1.82, 2.24) is 21.7 Å². The van der Waals surface area contributed by atoms with Crippen molar-refractivity contribution in [3.63, 3.8) is 0 Å². The molecule has 1 aliphatic heterocycles. The molecule has 2 unspecified atom stereocenters. The molecular weight excluding hydrogens is 404 g/mol. The van der Waals surface area contributed by atoms with E-state index in [4.69, 9.17) is 14.6 Å². The van der Waals surface area contributed by atoms with Gasteiger partial charge in [0.1, 0.15) is 12.3 Å². The van der Waals surface area contributed by atoms with Gasteiger partial charge in [-0.15, -0.1) is 0 Å². The minimum absolute atomic E-state index is 0.00578. The fourth-order valence-corrected chi connectivity index (χ4v) is 3.58. The molecule has 0 saturated carbocycles. The third kappa shape index (κ3) is 7.08. The van der Waals surface area contributed by atoms with Crippen LogP contribution in [0.4, 0.5) is 0 Å². The summed E-state index contributed by atoms with van der Waals surface area (Å²) in [7, 11) is 0. The number of hydrogen-bond donors (Lipinski definition) is 5. The van der Waals surface area contributed by atoms with Crippen molar-refractivity contribution in [2.75, 3.05) is 19.8 Å². The molecule has 1 saturated heterocycles. The maximum Gasteiger partial charge on any atom is 0.109 e. The van der Waals surface area contributed by atoms with Gasteiger partial charge in [-0.2, -0.15) is 0 Å². The summed E-state index contributed by atoms with van der Waals surface area (Å²) < 4.78 is 11.6. The number of aliphatic hydroxyl groups is 1. The number of rotatable bonds is 12. The molecule has 0 spiro atoms. The van der Waals surface area contributed by atoms with E-state index in [0.29, 0.717) is 13.0 Å². The summed E-state index contributed by atoms with van der Waals surface area (Å²) in [6, 6.07) is 16.8. The second-order valence-electron chi connectivity index (χ2n) is 8.23. The first-order valence-electron chi connectivity index (χ1n) is 11.7. The molecule has 0 amide bonds. The predicted octanol–water partition coefficient (Wildman–Crippen LogP) is 3.92. The van der Waals surface area contributed by atoms with E-state index in [1.54, 1.807) is 0 Å². The minimum Gasteiger partial charge on any atom is -0.396 e. The van der Waals surface area contributed by atoms with Crippen molar-refractivity contribution in [3.05, 3.63) is 70.8 Å². The average molecular weight is 443 g/mol. The van der Waals surface area contributed by atoms with Gasteiger partial charge in [-0.05, 0) is 48.9 Å². The highest BCUT2D eigenvalue weighted by atomic mass is 16.5.